The Labute approximate surface area is 321 Å². The predicted molar refractivity (Wildman–Crippen MR) is 215 cm³/mol. The molecule has 7 aromatic carbocycles. The molecule has 1 N–H and O–H groups in total. The van der Waals surface area contributed by atoms with Gasteiger partial charge in [-0.1, -0.05) is 135 Å². The van der Waals surface area contributed by atoms with Crippen LogP contribution in [-0.4, -0.2) is 15.1 Å². The van der Waals surface area contributed by atoms with E-state index in [4.69, 9.17) is 14.4 Å². The van der Waals surface area contributed by atoms with Crippen LogP contribution in [0.1, 0.15) is 26.3 Å². The molecule has 5 heteroatoms. The zero-order chi connectivity index (χ0) is 35.1. The SMILES string of the molecule is CC(C)(C)c1cc(-c2cc(-c3ccccc3)ccn2)[c-]c(-c2ccc3c4ccccc4c4c5oc6ccc7ccccc7c6c5cc(O)c4c3n2)c1.[Pt]. The zero-order valence-corrected chi connectivity index (χ0v) is 31.6. The summed E-state index contributed by atoms with van der Waals surface area (Å²) in [4.78, 5) is 10.2. The van der Waals surface area contributed by atoms with Gasteiger partial charge in [-0.3, -0.25) is 9.97 Å². The van der Waals surface area contributed by atoms with Gasteiger partial charge in [-0.05, 0) is 56.3 Å². The van der Waals surface area contributed by atoms with E-state index in [0.717, 1.165) is 99.0 Å². The maximum absolute atomic E-state index is 12.0. The first-order valence-corrected chi connectivity index (χ1v) is 17.6. The maximum Gasteiger partial charge on any atom is 0.144 e. The molecule has 3 heterocycles. The molecular formula is C48H33N2O2Pt-. The van der Waals surface area contributed by atoms with Crippen LogP contribution < -0.4 is 0 Å². The molecule has 0 fully saturated rings. The fraction of sp³-hybridized carbons (Fsp3) is 0.0833. The number of hydrogen-bond acceptors (Lipinski definition) is 4. The summed E-state index contributed by atoms with van der Waals surface area (Å²) < 4.78 is 6.71. The van der Waals surface area contributed by atoms with E-state index in [1.54, 1.807) is 0 Å². The van der Waals surface area contributed by atoms with Crippen LogP contribution in [-0.2, 0) is 26.5 Å². The topological polar surface area (TPSA) is 59.2 Å². The summed E-state index contributed by atoms with van der Waals surface area (Å²) in [5.74, 6) is 0.175. The second-order valence-electron chi connectivity index (χ2n) is 14.7. The summed E-state index contributed by atoms with van der Waals surface area (Å²) in [6.45, 7) is 6.66. The Kier molecular flexibility index (Phi) is 7.73. The van der Waals surface area contributed by atoms with Crippen LogP contribution in [0.2, 0.25) is 0 Å². The number of aromatic hydroxyl groups is 1. The zero-order valence-electron chi connectivity index (χ0n) is 29.3. The van der Waals surface area contributed by atoms with Gasteiger partial charge in [0, 0.05) is 60.2 Å². The minimum Gasteiger partial charge on any atom is -0.507 e. The molecule has 0 saturated heterocycles. The van der Waals surface area contributed by atoms with Crippen LogP contribution >= 0.6 is 0 Å². The van der Waals surface area contributed by atoms with E-state index in [1.165, 1.54) is 0 Å². The van der Waals surface area contributed by atoms with Gasteiger partial charge in [0.05, 0.1) is 10.9 Å². The van der Waals surface area contributed by atoms with Crippen LogP contribution in [0.4, 0.5) is 0 Å². The monoisotopic (exact) mass is 864 g/mol. The third-order valence-corrected chi connectivity index (χ3v) is 10.4. The Bertz CT molecular complexity index is 3070. The van der Waals surface area contributed by atoms with Gasteiger partial charge in [-0.15, -0.1) is 23.8 Å². The number of rotatable bonds is 3. The minimum absolute atomic E-state index is 0. The number of nitrogens with zero attached hydrogens (tertiary/aromatic N) is 2. The third kappa shape index (κ3) is 5.32. The predicted octanol–water partition coefficient (Wildman–Crippen LogP) is 12.8. The van der Waals surface area contributed by atoms with Gasteiger partial charge in [0.2, 0.25) is 0 Å². The second-order valence-corrected chi connectivity index (χ2v) is 14.7. The van der Waals surface area contributed by atoms with E-state index in [9.17, 15) is 5.11 Å². The summed E-state index contributed by atoms with van der Waals surface area (Å²) in [5.41, 5.74) is 8.92. The van der Waals surface area contributed by atoms with Gasteiger partial charge in [-0.25, -0.2) is 0 Å². The van der Waals surface area contributed by atoms with Crippen molar-refractivity contribution < 1.29 is 30.6 Å². The van der Waals surface area contributed by atoms with Crippen molar-refractivity contribution in [3.05, 3.63) is 151 Å². The fourth-order valence-corrected chi connectivity index (χ4v) is 7.78. The van der Waals surface area contributed by atoms with Crippen LogP contribution in [0.5, 0.6) is 5.75 Å². The summed E-state index contributed by atoms with van der Waals surface area (Å²) in [6, 6.07) is 49.4. The van der Waals surface area contributed by atoms with Crippen LogP contribution in [0.15, 0.2) is 144 Å². The summed E-state index contributed by atoms with van der Waals surface area (Å²) in [7, 11) is 0. The molecule has 258 valence electrons. The summed E-state index contributed by atoms with van der Waals surface area (Å²) in [6.07, 6.45) is 1.87. The number of hydrogen-bond donors (Lipinski definition) is 1. The first-order valence-electron chi connectivity index (χ1n) is 17.6. The van der Waals surface area contributed by atoms with Crippen molar-refractivity contribution >= 4 is 65.2 Å². The molecule has 0 amide bonds. The number of furan rings is 1. The van der Waals surface area contributed by atoms with Gasteiger partial charge in [0.15, 0.2) is 0 Å². The molecule has 3 aromatic heterocycles. The van der Waals surface area contributed by atoms with Gasteiger partial charge < -0.3 is 9.52 Å². The van der Waals surface area contributed by atoms with Crippen LogP contribution in [0.3, 0.4) is 0 Å². The molecule has 0 bridgehead atoms. The minimum atomic E-state index is -0.134. The van der Waals surface area contributed by atoms with E-state index < -0.39 is 0 Å². The molecule has 0 aliphatic heterocycles. The van der Waals surface area contributed by atoms with Crippen LogP contribution in [0, 0.1) is 6.07 Å². The standard InChI is InChI=1S/C48H33N2O2.Pt/c1-48(2,3)33-24-31(23-32(25-33)40-26-30(21-22-49-40)28-11-5-4-6-12-28)39-19-18-37-35-15-9-10-16-36(35)44-45(46(37)50-39)41(51)27-38-43-34-14-8-7-13-29(34)17-20-42(43)52-47(38)44;/h4-22,24-27,51H,1-3H3;/q-1;. The number of aromatic nitrogens is 2. The first-order chi connectivity index (χ1) is 25.3. The molecule has 0 spiro atoms. The van der Waals surface area contributed by atoms with Crippen molar-refractivity contribution in [2.24, 2.45) is 0 Å². The number of phenols is 1. The smallest absolute Gasteiger partial charge is 0.144 e. The fourth-order valence-electron chi connectivity index (χ4n) is 7.78. The molecule has 0 unspecified atom stereocenters. The molecule has 53 heavy (non-hydrogen) atoms. The van der Waals surface area contributed by atoms with Gasteiger partial charge in [0.25, 0.3) is 0 Å². The van der Waals surface area contributed by atoms with E-state index in [0.29, 0.717) is 5.39 Å². The first kappa shape index (κ1) is 33.0. The largest absolute Gasteiger partial charge is 0.507 e. The van der Waals surface area contributed by atoms with Gasteiger partial charge >= 0.3 is 0 Å². The van der Waals surface area contributed by atoms with Crippen molar-refractivity contribution in [2.75, 3.05) is 0 Å². The molecule has 10 rings (SSSR count). The van der Waals surface area contributed by atoms with E-state index in [-0.39, 0.29) is 32.2 Å². The molecule has 0 aliphatic rings. The van der Waals surface area contributed by atoms with E-state index in [1.807, 2.05) is 48.7 Å². The Morgan fingerprint density at radius 1 is 0.585 bits per heavy atom. The Balaban J connectivity index is 0.00000372. The quantitative estimate of drug-likeness (QED) is 0.142. The number of benzene rings is 7. The van der Waals surface area contributed by atoms with Crippen molar-refractivity contribution in [1.82, 2.24) is 9.97 Å². The molecular weight excluding hydrogens is 832 g/mol. The summed E-state index contributed by atoms with van der Waals surface area (Å²) >= 11 is 0. The molecule has 0 saturated carbocycles. The molecule has 4 nitrogen and oxygen atoms in total. The number of fused-ring (bicyclic) bond motifs is 12. The third-order valence-electron chi connectivity index (χ3n) is 10.4. The van der Waals surface area contributed by atoms with Crippen molar-refractivity contribution in [3.8, 4) is 39.4 Å². The molecule has 0 aliphatic carbocycles. The average molecular weight is 865 g/mol. The van der Waals surface area contributed by atoms with E-state index >= 15 is 0 Å². The van der Waals surface area contributed by atoms with Crippen LogP contribution in [0.25, 0.3) is 98.8 Å². The van der Waals surface area contributed by atoms with Crippen molar-refractivity contribution in [1.29, 1.82) is 0 Å². The second kappa shape index (κ2) is 12.4. The van der Waals surface area contributed by atoms with Crippen molar-refractivity contribution in [3.63, 3.8) is 0 Å². The summed E-state index contributed by atoms with van der Waals surface area (Å²) in [5, 5.41) is 20.7. The van der Waals surface area contributed by atoms with Gasteiger partial charge in [-0.2, -0.15) is 0 Å². The average Bonchev–Trinajstić information content (AvgIpc) is 3.56. The van der Waals surface area contributed by atoms with E-state index in [2.05, 4.69) is 118 Å². The number of phenolic OH excluding ortho intramolecular Hbond substituents is 1. The Hall–Kier alpha value is -5.83. The van der Waals surface area contributed by atoms with Gasteiger partial charge in [0.1, 0.15) is 16.9 Å². The molecule has 0 atom stereocenters. The Morgan fingerprint density at radius 3 is 2.09 bits per heavy atom. The Morgan fingerprint density at radius 2 is 1.30 bits per heavy atom. The molecule has 10 aromatic rings. The van der Waals surface area contributed by atoms with Crippen molar-refractivity contribution in [2.45, 2.75) is 26.2 Å². The molecule has 0 radical (unpaired) electrons. The normalized spacial score (nSPS) is 12.0. The number of pyridine rings is 2. The maximum atomic E-state index is 12.0.